The van der Waals surface area contributed by atoms with E-state index >= 15 is 0 Å². The monoisotopic (exact) mass is 427 g/mol. The minimum atomic E-state index is -0.798. The summed E-state index contributed by atoms with van der Waals surface area (Å²) < 4.78 is 10.2. The number of nitrogens with one attached hydrogen (secondary N) is 2. The highest BCUT2D eigenvalue weighted by Crippen LogP contribution is 2.37. The highest BCUT2D eigenvalue weighted by Gasteiger charge is 2.16. The van der Waals surface area contributed by atoms with Gasteiger partial charge in [0, 0.05) is 23.1 Å². The van der Waals surface area contributed by atoms with E-state index in [-0.39, 0.29) is 22.3 Å². The van der Waals surface area contributed by atoms with Gasteiger partial charge in [0.1, 0.15) is 6.54 Å². The molecule has 0 saturated heterocycles. The fourth-order valence-corrected chi connectivity index (χ4v) is 2.74. The van der Waals surface area contributed by atoms with E-state index in [1.54, 1.807) is 6.07 Å². The summed E-state index contributed by atoms with van der Waals surface area (Å²) in [6, 6.07) is 8.36. The number of nitro benzene ring substituents is 1. The van der Waals surface area contributed by atoms with Crippen LogP contribution in [0.5, 0.6) is 17.4 Å². The Morgan fingerprint density at radius 2 is 1.90 bits per heavy atom. The summed E-state index contributed by atoms with van der Waals surface area (Å²) >= 11 is 0. The number of hydrogen-bond donors (Lipinski definition) is 3. The van der Waals surface area contributed by atoms with E-state index in [0.717, 1.165) is 0 Å². The van der Waals surface area contributed by atoms with Gasteiger partial charge in [0.2, 0.25) is 5.88 Å². The average Bonchev–Trinajstić information content (AvgIpc) is 3.09. The number of methoxy groups -OCH3 is 2. The molecule has 0 unspecified atom stereocenters. The van der Waals surface area contributed by atoms with Gasteiger partial charge < -0.3 is 24.9 Å². The summed E-state index contributed by atoms with van der Waals surface area (Å²) in [6.45, 7) is -0.458. The minimum Gasteiger partial charge on any atom is -0.493 e. The van der Waals surface area contributed by atoms with Crippen molar-refractivity contribution in [3.8, 4) is 17.4 Å². The zero-order valence-electron chi connectivity index (χ0n) is 16.4. The van der Waals surface area contributed by atoms with Gasteiger partial charge in [-0.2, -0.15) is 0 Å². The molecule has 12 nitrogen and oxygen atoms in total. The van der Waals surface area contributed by atoms with E-state index < -0.39 is 29.2 Å². The first-order chi connectivity index (χ1) is 14.8. The number of carbonyl (C=O) groups is 2. The molecule has 0 aliphatic carbocycles. The van der Waals surface area contributed by atoms with Gasteiger partial charge in [0.15, 0.2) is 17.2 Å². The number of nitro groups is 1. The molecule has 3 rings (SSSR count). The van der Waals surface area contributed by atoms with Crippen LogP contribution in [0, 0.1) is 10.1 Å². The van der Waals surface area contributed by atoms with Crippen molar-refractivity contribution in [1.82, 2.24) is 10.3 Å². The van der Waals surface area contributed by atoms with Crippen molar-refractivity contribution in [3.05, 3.63) is 52.1 Å². The number of nitrogens with zero attached hydrogens (tertiary/aromatic N) is 3. The summed E-state index contributed by atoms with van der Waals surface area (Å²) in [7, 11) is 2.89. The summed E-state index contributed by atoms with van der Waals surface area (Å²) in [6.07, 6.45) is 0. The Morgan fingerprint density at radius 3 is 2.58 bits per heavy atom. The third-order valence-electron chi connectivity index (χ3n) is 4.25. The zero-order valence-corrected chi connectivity index (χ0v) is 16.4. The summed E-state index contributed by atoms with van der Waals surface area (Å²) in [4.78, 5) is 37.2. The topological polar surface area (TPSA) is 169 Å². The van der Waals surface area contributed by atoms with Crippen LogP contribution in [0.15, 0.2) is 46.6 Å². The SMILES string of the molecule is COc1ccc(C(=O)NCC(=O)N=Nc2c(O)[nH]c3ccc([N+](=O)[O-])cc23)cc1OC. The quantitative estimate of drug-likeness (QED) is 0.296. The molecule has 2 aromatic carbocycles. The smallest absolute Gasteiger partial charge is 0.283 e. The zero-order chi connectivity index (χ0) is 22.5. The lowest BCUT2D eigenvalue weighted by Gasteiger charge is -2.09. The predicted octanol–water partition coefficient (Wildman–Crippen LogP) is 2.84. The molecule has 0 bridgehead atoms. The lowest BCUT2D eigenvalue weighted by molar-refractivity contribution is -0.384. The van der Waals surface area contributed by atoms with Crippen LogP contribution < -0.4 is 14.8 Å². The molecule has 0 atom stereocenters. The normalized spacial score (nSPS) is 10.9. The number of H-pyrrole nitrogens is 1. The van der Waals surface area contributed by atoms with Crippen molar-refractivity contribution < 1.29 is 29.1 Å². The lowest BCUT2D eigenvalue weighted by atomic mass is 10.2. The maximum atomic E-state index is 12.2. The molecule has 0 fully saturated rings. The Balaban J connectivity index is 1.70. The molecule has 0 radical (unpaired) electrons. The highest BCUT2D eigenvalue weighted by atomic mass is 16.6. The summed E-state index contributed by atoms with van der Waals surface area (Å²) in [5.74, 6) is -0.947. The van der Waals surface area contributed by atoms with E-state index in [2.05, 4.69) is 20.5 Å². The van der Waals surface area contributed by atoms with Gasteiger partial charge in [-0.05, 0) is 24.3 Å². The van der Waals surface area contributed by atoms with Crippen molar-refractivity contribution in [2.45, 2.75) is 0 Å². The minimum absolute atomic E-state index is 0.127. The molecule has 0 saturated carbocycles. The van der Waals surface area contributed by atoms with E-state index in [4.69, 9.17) is 9.47 Å². The maximum absolute atomic E-state index is 12.2. The second kappa shape index (κ2) is 8.90. The molecule has 1 aromatic heterocycles. The third-order valence-corrected chi connectivity index (χ3v) is 4.25. The number of ether oxygens (including phenoxy) is 2. The lowest BCUT2D eigenvalue weighted by Crippen LogP contribution is -2.28. The van der Waals surface area contributed by atoms with Crippen LogP contribution in [0.1, 0.15) is 10.4 Å². The number of benzene rings is 2. The number of fused-ring (bicyclic) bond motifs is 1. The van der Waals surface area contributed by atoms with Crippen LogP contribution in [-0.2, 0) is 4.79 Å². The van der Waals surface area contributed by atoms with Gasteiger partial charge >= 0.3 is 0 Å². The third kappa shape index (κ3) is 4.58. The Hall–Kier alpha value is -4.48. The molecule has 1 heterocycles. The molecule has 0 spiro atoms. The average molecular weight is 427 g/mol. The highest BCUT2D eigenvalue weighted by molar-refractivity contribution is 5.98. The maximum Gasteiger partial charge on any atom is 0.283 e. The van der Waals surface area contributed by atoms with Gasteiger partial charge in [-0.15, -0.1) is 10.2 Å². The number of aromatic amines is 1. The first kappa shape index (κ1) is 21.2. The molecule has 3 aromatic rings. The van der Waals surface area contributed by atoms with Gasteiger partial charge in [-0.1, -0.05) is 0 Å². The van der Waals surface area contributed by atoms with E-state index in [9.17, 15) is 24.8 Å². The van der Waals surface area contributed by atoms with Crippen molar-refractivity contribution in [1.29, 1.82) is 0 Å². The number of non-ortho nitro benzene ring substituents is 1. The number of rotatable bonds is 7. The first-order valence-corrected chi connectivity index (χ1v) is 8.78. The van der Waals surface area contributed by atoms with Crippen LogP contribution in [0.4, 0.5) is 11.4 Å². The predicted molar refractivity (Wildman–Crippen MR) is 108 cm³/mol. The second-order valence-corrected chi connectivity index (χ2v) is 6.16. The van der Waals surface area contributed by atoms with Gasteiger partial charge in [0.05, 0.1) is 24.7 Å². The number of hydrogen-bond acceptors (Lipinski definition) is 8. The largest absolute Gasteiger partial charge is 0.493 e. The van der Waals surface area contributed by atoms with Crippen LogP contribution in [0.25, 0.3) is 10.9 Å². The standard InChI is InChI=1S/C19H17N5O7/c1-30-14-6-3-10(7-15(14)31-2)18(26)20-9-16(25)22-23-17-12-8-11(24(28)29)4-5-13(12)21-19(17)27/h3-8,21,27H,9H2,1-2H3,(H,20,26). The fourth-order valence-electron chi connectivity index (χ4n) is 2.74. The van der Waals surface area contributed by atoms with Gasteiger partial charge in [0.25, 0.3) is 17.5 Å². The number of carbonyl (C=O) groups excluding carboxylic acids is 2. The van der Waals surface area contributed by atoms with E-state index in [1.165, 1.54) is 44.6 Å². The Morgan fingerprint density at radius 1 is 1.16 bits per heavy atom. The fraction of sp³-hybridized carbons (Fsp3) is 0.158. The van der Waals surface area contributed by atoms with Gasteiger partial charge in [-0.25, -0.2) is 0 Å². The molecule has 0 aliphatic rings. The molecular weight excluding hydrogens is 410 g/mol. The molecule has 12 heteroatoms. The number of amides is 2. The molecule has 160 valence electrons. The van der Waals surface area contributed by atoms with E-state index in [0.29, 0.717) is 17.0 Å². The number of aromatic hydroxyl groups is 1. The number of aromatic nitrogens is 1. The van der Waals surface area contributed by atoms with Gasteiger partial charge in [-0.3, -0.25) is 19.7 Å². The molecule has 3 N–H and O–H groups in total. The van der Waals surface area contributed by atoms with Crippen LogP contribution in [0.2, 0.25) is 0 Å². The second-order valence-electron chi connectivity index (χ2n) is 6.16. The molecular formula is C19H17N5O7. The van der Waals surface area contributed by atoms with Crippen LogP contribution in [-0.4, -0.2) is 47.6 Å². The van der Waals surface area contributed by atoms with E-state index in [1.807, 2.05) is 0 Å². The molecule has 2 amide bonds. The Bertz CT molecular complexity index is 1200. The number of azo groups is 1. The van der Waals surface area contributed by atoms with Crippen LogP contribution in [0.3, 0.4) is 0 Å². The summed E-state index contributed by atoms with van der Waals surface area (Å²) in [5.41, 5.74) is 0.282. The molecule has 0 aliphatic heterocycles. The van der Waals surface area contributed by atoms with Crippen molar-refractivity contribution in [2.24, 2.45) is 10.2 Å². The molecule has 31 heavy (non-hydrogen) atoms. The summed E-state index contributed by atoms with van der Waals surface area (Å²) in [5, 5.41) is 30.6. The van der Waals surface area contributed by atoms with Crippen LogP contribution >= 0.6 is 0 Å². The van der Waals surface area contributed by atoms with Crippen molar-refractivity contribution in [3.63, 3.8) is 0 Å². The van der Waals surface area contributed by atoms with Crippen molar-refractivity contribution in [2.75, 3.05) is 20.8 Å². The Kier molecular flexibility index (Phi) is 6.10. The Labute approximate surface area is 174 Å². The van der Waals surface area contributed by atoms with Crippen molar-refractivity contribution >= 4 is 34.1 Å². The first-order valence-electron chi connectivity index (χ1n) is 8.78.